The summed E-state index contributed by atoms with van der Waals surface area (Å²) in [5.74, 6) is 2.41. The number of fused-ring (bicyclic) bond motifs is 1. The molecule has 3 rings (SSSR count). The summed E-state index contributed by atoms with van der Waals surface area (Å²) in [7, 11) is 1.84. The number of piperidine rings is 1. The largest absolute Gasteiger partial charge is 0.493 e. The highest BCUT2D eigenvalue weighted by atomic mass is 16.5. The average molecular weight is 330 g/mol. The minimum absolute atomic E-state index is 0.482. The Morgan fingerprint density at radius 1 is 1.21 bits per heavy atom. The molecule has 132 valence electrons. The van der Waals surface area contributed by atoms with Gasteiger partial charge in [-0.25, -0.2) is 0 Å². The highest BCUT2D eigenvalue weighted by molar-refractivity contribution is 5.79. The summed E-state index contributed by atoms with van der Waals surface area (Å²) in [5, 5.41) is 6.93. The molecule has 5 heteroatoms. The second-order valence-corrected chi connectivity index (χ2v) is 6.65. The number of aliphatic imine (C=N–C) groups is 1. The fourth-order valence-corrected chi connectivity index (χ4v) is 3.58. The van der Waals surface area contributed by atoms with E-state index >= 15 is 0 Å². The number of ether oxygens (including phenoxy) is 1. The van der Waals surface area contributed by atoms with Crippen LogP contribution in [-0.2, 0) is 0 Å². The molecule has 2 heterocycles. The van der Waals surface area contributed by atoms with E-state index in [0.717, 1.165) is 44.4 Å². The minimum Gasteiger partial charge on any atom is -0.493 e. The highest BCUT2D eigenvalue weighted by Crippen LogP contribution is 2.32. The van der Waals surface area contributed by atoms with Gasteiger partial charge in [0.2, 0.25) is 0 Å². The molecule has 1 atom stereocenters. The van der Waals surface area contributed by atoms with Crippen LogP contribution >= 0.6 is 0 Å². The molecule has 24 heavy (non-hydrogen) atoms. The van der Waals surface area contributed by atoms with Gasteiger partial charge in [-0.15, -0.1) is 0 Å². The van der Waals surface area contributed by atoms with Crippen LogP contribution in [0.5, 0.6) is 5.75 Å². The third-order valence-electron chi connectivity index (χ3n) is 4.99. The number of nitrogens with zero attached hydrogens (tertiary/aromatic N) is 2. The lowest BCUT2D eigenvalue weighted by Crippen LogP contribution is -2.44. The fraction of sp³-hybridized carbons (Fsp3) is 0.632. The predicted molar refractivity (Wildman–Crippen MR) is 99.0 cm³/mol. The van der Waals surface area contributed by atoms with Gasteiger partial charge in [0.25, 0.3) is 0 Å². The molecule has 1 unspecified atom stereocenters. The highest BCUT2D eigenvalue weighted by Gasteiger charge is 2.21. The first-order valence-electron chi connectivity index (χ1n) is 9.25. The number of nitrogens with one attached hydrogen (secondary N) is 2. The number of hydrogen-bond acceptors (Lipinski definition) is 3. The molecule has 1 aromatic rings. The van der Waals surface area contributed by atoms with Gasteiger partial charge >= 0.3 is 0 Å². The molecular formula is C19H30N4O. The Hall–Kier alpha value is -1.75. The van der Waals surface area contributed by atoms with Gasteiger partial charge in [0.1, 0.15) is 5.75 Å². The second-order valence-electron chi connectivity index (χ2n) is 6.65. The lowest BCUT2D eigenvalue weighted by atomic mass is 9.93. The molecule has 2 N–H and O–H groups in total. The number of para-hydroxylation sites is 1. The predicted octanol–water partition coefficient (Wildman–Crippen LogP) is 2.20. The van der Waals surface area contributed by atoms with Crippen LogP contribution in [0.25, 0.3) is 0 Å². The van der Waals surface area contributed by atoms with Crippen LogP contribution in [-0.4, -0.2) is 57.2 Å². The SMILES string of the molecule is CN=C(NCCN1CCCCC1)NCC1CCOc2ccccc21. The molecule has 1 aromatic carbocycles. The molecule has 0 bridgehead atoms. The van der Waals surface area contributed by atoms with Crippen LogP contribution in [0, 0.1) is 0 Å². The van der Waals surface area contributed by atoms with Gasteiger partial charge in [-0.2, -0.15) is 0 Å². The van der Waals surface area contributed by atoms with Crippen molar-refractivity contribution in [2.75, 3.05) is 46.4 Å². The molecule has 0 spiro atoms. The van der Waals surface area contributed by atoms with E-state index in [4.69, 9.17) is 4.74 Å². The van der Waals surface area contributed by atoms with Crippen molar-refractivity contribution in [1.82, 2.24) is 15.5 Å². The van der Waals surface area contributed by atoms with Gasteiger partial charge in [-0.05, 0) is 44.0 Å². The van der Waals surface area contributed by atoms with E-state index in [2.05, 4.69) is 38.7 Å². The minimum atomic E-state index is 0.482. The van der Waals surface area contributed by atoms with E-state index < -0.39 is 0 Å². The van der Waals surface area contributed by atoms with Crippen LogP contribution in [0.1, 0.15) is 37.2 Å². The Morgan fingerprint density at radius 3 is 2.88 bits per heavy atom. The Kier molecular flexibility index (Phi) is 6.35. The van der Waals surface area contributed by atoms with Crippen molar-refractivity contribution < 1.29 is 4.74 Å². The number of likely N-dealkylation sites (tertiary alicyclic amines) is 1. The first kappa shape index (κ1) is 17.1. The second kappa shape index (κ2) is 8.92. The summed E-state index contributed by atoms with van der Waals surface area (Å²) in [5.41, 5.74) is 1.31. The van der Waals surface area contributed by atoms with E-state index in [1.165, 1.54) is 37.9 Å². The number of benzene rings is 1. The molecule has 2 aliphatic rings. The van der Waals surface area contributed by atoms with Crippen molar-refractivity contribution in [3.05, 3.63) is 29.8 Å². The van der Waals surface area contributed by atoms with Crippen molar-refractivity contribution in [2.24, 2.45) is 4.99 Å². The summed E-state index contributed by atoms with van der Waals surface area (Å²) in [6.07, 6.45) is 5.13. The van der Waals surface area contributed by atoms with E-state index in [9.17, 15) is 0 Å². The Morgan fingerprint density at radius 2 is 2.04 bits per heavy atom. The maximum absolute atomic E-state index is 5.74. The summed E-state index contributed by atoms with van der Waals surface area (Å²) in [4.78, 5) is 6.90. The Bertz CT molecular complexity index is 540. The lowest BCUT2D eigenvalue weighted by molar-refractivity contribution is 0.232. The van der Waals surface area contributed by atoms with Crippen molar-refractivity contribution in [3.8, 4) is 5.75 Å². The van der Waals surface area contributed by atoms with Crippen LogP contribution in [0.2, 0.25) is 0 Å². The standard InChI is InChI=1S/C19H30N4O/c1-20-19(21-10-13-23-11-5-2-6-12-23)22-15-16-9-14-24-18-8-4-3-7-17(16)18/h3-4,7-8,16H,2,5-6,9-15H2,1H3,(H2,20,21,22). The van der Waals surface area contributed by atoms with Gasteiger partial charge in [-0.1, -0.05) is 24.6 Å². The number of hydrogen-bond donors (Lipinski definition) is 2. The van der Waals surface area contributed by atoms with Crippen molar-refractivity contribution in [3.63, 3.8) is 0 Å². The Balaban J connectivity index is 1.43. The van der Waals surface area contributed by atoms with Crippen molar-refractivity contribution >= 4 is 5.96 Å². The zero-order valence-electron chi connectivity index (χ0n) is 14.8. The number of rotatable bonds is 5. The summed E-state index contributed by atoms with van der Waals surface area (Å²) >= 11 is 0. The first-order chi connectivity index (χ1) is 11.9. The zero-order valence-corrected chi connectivity index (χ0v) is 14.8. The Labute approximate surface area is 145 Å². The third-order valence-corrected chi connectivity index (χ3v) is 4.99. The smallest absolute Gasteiger partial charge is 0.191 e. The normalized spacial score (nSPS) is 21.7. The monoisotopic (exact) mass is 330 g/mol. The van der Waals surface area contributed by atoms with Crippen LogP contribution in [0.15, 0.2) is 29.3 Å². The number of guanidine groups is 1. The molecule has 1 saturated heterocycles. The summed E-state index contributed by atoms with van der Waals surface area (Å²) in [6.45, 7) is 6.22. The molecule has 0 aromatic heterocycles. The van der Waals surface area contributed by atoms with E-state index in [0.29, 0.717) is 5.92 Å². The van der Waals surface area contributed by atoms with Gasteiger partial charge in [-0.3, -0.25) is 4.99 Å². The quantitative estimate of drug-likeness (QED) is 0.642. The molecule has 0 radical (unpaired) electrons. The van der Waals surface area contributed by atoms with E-state index in [1.807, 2.05) is 13.1 Å². The van der Waals surface area contributed by atoms with Crippen LogP contribution in [0.3, 0.4) is 0 Å². The van der Waals surface area contributed by atoms with E-state index in [1.54, 1.807) is 0 Å². The molecule has 0 aliphatic carbocycles. The molecule has 0 saturated carbocycles. The molecule has 1 fully saturated rings. The maximum Gasteiger partial charge on any atom is 0.191 e. The molecule has 5 nitrogen and oxygen atoms in total. The average Bonchev–Trinajstić information content (AvgIpc) is 2.65. The van der Waals surface area contributed by atoms with Gasteiger partial charge in [0.05, 0.1) is 6.61 Å². The lowest BCUT2D eigenvalue weighted by Gasteiger charge is -2.28. The topological polar surface area (TPSA) is 48.9 Å². The van der Waals surface area contributed by atoms with E-state index in [-0.39, 0.29) is 0 Å². The van der Waals surface area contributed by atoms with Gasteiger partial charge < -0.3 is 20.3 Å². The van der Waals surface area contributed by atoms with Crippen LogP contribution in [0.4, 0.5) is 0 Å². The van der Waals surface area contributed by atoms with Gasteiger partial charge in [0.15, 0.2) is 5.96 Å². The van der Waals surface area contributed by atoms with Crippen molar-refractivity contribution in [1.29, 1.82) is 0 Å². The van der Waals surface area contributed by atoms with Gasteiger partial charge in [0, 0.05) is 32.6 Å². The molecule has 2 aliphatic heterocycles. The fourth-order valence-electron chi connectivity index (χ4n) is 3.58. The maximum atomic E-state index is 5.74. The summed E-state index contributed by atoms with van der Waals surface area (Å²) < 4.78 is 5.74. The third kappa shape index (κ3) is 4.63. The summed E-state index contributed by atoms with van der Waals surface area (Å²) in [6, 6.07) is 8.36. The molecule has 0 amide bonds. The first-order valence-corrected chi connectivity index (χ1v) is 9.25. The van der Waals surface area contributed by atoms with Crippen LogP contribution < -0.4 is 15.4 Å². The zero-order chi connectivity index (χ0) is 16.6. The molecular weight excluding hydrogens is 300 g/mol. The van der Waals surface area contributed by atoms with Crippen molar-refractivity contribution in [2.45, 2.75) is 31.6 Å².